The van der Waals surface area contributed by atoms with Crippen LogP contribution in [0.2, 0.25) is 5.15 Å². The Morgan fingerprint density at radius 1 is 1.29 bits per heavy atom. The predicted octanol–water partition coefficient (Wildman–Crippen LogP) is 3.44. The lowest BCUT2D eigenvalue weighted by atomic mass is 10.0. The zero-order valence-electron chi connectivity index (χ0n) is 13.6. The number of aromatic nitrogens is 3. The number of carbonyl (C=O) groups excluding carboxylic acids is 1. The number of fused-ring (bicyclic) bond motifs is 1. The predicted molar refractivity (Wildman–Crippen MR) is 92.3 cm³/mol. The Balaban J connectivity index is 1.92. The summed E-state index contributed by atoms with van der Waals surface area (Å²) in [5, 5.41) is 4.62. The fourth-order valence-electron chi connectivity index (χ4n) is 2.74. The van der Waals surface area contributed by atoms with Crippen LogP contribution in [0.15, 0.2) is 42.6 Å². The van der Waals surface area contributed by atoms with E-state index in [1.807, 2.05) is 37.3 Å². The van der Waals surface area contributed by atoms with E-state index in [9.17, 15) is 4.79 Å². The molecule has 3 aromatic rings. The minimum absolute atomic E-state index is 0.116. The molecule has 0 fully saturated rings. The van der Waals surface area contributed by atoms with Gasteiger partial charge in [-0.1, -0.05) is 41.9 Å². The second kappa shape index (κ2) is 7.11. The summed E-state index contributed by atoms with van der Waals surface area (Å²) < 4.78 is 7.11. The molecule has 24 heavy (non-hydrogen) atoms. The first-order chi connectivity index (χ1) is 11.6. The molecular weight excluding hydrogens is 326 g/mol. The monoisotopic (exact) mass is 343 g/mol. The van der Waals surface area contributed by atoms with E-state index in [-0.39, 0.29) is 18.3 Å². The Hall–Kier alpha value is -2.24. The maximum atomic E-state index is 12.5. The normalized spacial score (nSPS) is 12.5. The van der Waals surface area contributed by atoms with E-state index < -0.39 is 0 Å². The van der Waals surface area contributed by atoms with Crippen LogP contribution in [0.5, 0.6) is 0 Å². The van der Waals surface area contributed by atoms with Crippen molar-refractivity contribution < 1.29 is 9.53 Å². The summed E-state index contributed by atoms with van der Waals surface area (Å²) in [6.07, 6.45) is 2.14. The van der Waals surface area contributed by atoms with Gasteiger partial charge < -0.3 is 4.74 Å². The van der Waals surface area contributed by atoms with Crippen molar-refractivity contribution >= 4 is 23.0 Å². The molecule has 0 spiro atoms. The van der Waals surface area contributed by atoms with Crippen LogP contribution in [-0.2, 0) is 22.4 Å². The molecule has 0 N–H and O–H groups in total. The standard InChI is InChI=1S/C18H18ClN3O2/c1-12(24-2)18-14(11-20-17-10-16(19)21-22(17)18)9-15(23)8-13-6-4-3-5-7-13/h3-7,10-12H,8-9H2,1-2H3/t12-/m0/s1. The van der Waals surface area contributed by atoms with Crippen molar-refractivity contribution in [3.05, 3.63) is 64.6 Å². The largest absolute Gasteiger partial charge is 0.375 e. The second-order valence-corrected chi connectivity index (χ2v) is 6.05. The lowest BCUT2D eigenvalue weighted by Crippen LogP contribution is -2.15. The molecule has 0 aliphatic carbocycles. The summed E-state index contributed by atoms with van der Waals surface area (Å²) >= 11 is 5.99. The van der Waals surface area contributed by atoms with E-state index in [0.717, 1.165) is 16.8 Å². The fraction of sp³-hybridized carbons (Fsp3) is 0.278. The number of ketones is 1. The summed E-state index contributed by atoms with van der Waals surface area (Å²) in [6.45, 7) is 1.91. The number of benzene rings is 1. The summed E-state index contributed by atoms with van der Waals surface area (Å²) in [4.78, 5) is 16.8. The van der Waals surface area contributed by atoms with Gasteiger partial charge in [-0.05, 0) is 12.5 Å². The van der Waals surface area contributed by atoms with Crippen molar-refractivity contribution in [1.29, 1.82) is 0 Å². The minimum atomic E-state index is -0.231. The summed E-state index contributed by atoms with van der Waals surface area (Å²) in [5.74, 6) is 0.116. The highest BCUT2D eigenvalue weighted by Crippen LogP contribution is 2.23. The second-order valence-electron chi connectivity index (χ2n) is 5.66. The quantitative estimate of drug-likeness (QED) is 0.688. The lowest BCUT2D eigenvalue weighted by molar-refractivity contribution is -0.117. The van der Waals surface area contributed by atoms with Gasteiger partial charge in [-0.15, -0.1) is 0 Å². The van der Waals surface area contributed by atoms with Crippen LogP contribution >= 0.6 is 11.6 Å². The molecule has 2 aromatic heterocycles. The van der Waals surface area contributed by atoms with Gasteiger partial charge in [-0.2, -0.15) is 5.10 Å². The van der Waals surface area contributed by atoms with Crippen LogP contribution in [0, 0.1) is 0 Å². The van der Waals surface area contributed by atoms with Crippen LogP contribution in [0.1, 0.15) is 29.8 Å². The molecule has 124 valence electrons. The zero-order valence-corrected chi connectivity index (χ0v) is 14.3. The number of rotatable bonds is 6. The van der Waals surface area contributed by atoms with Crippen molar-refractivity contribution in [2.24, 2.45) is 0 Å². The number of ether oxygens (including phenoxy) is 1. The molecular formula is C18H18ClN3O2. The van der Waals surface area contributed by atoms with Crippen molar-refractivity contribution in [3.63, 3.8) is 0 Å². The van der Waals surface area contributed by atoms with Gasteiger partial charge in [0.05, 0.1) is 11.8 Å². The molecule has 0 saturated carbocycles. The fourth-order valence-corrected chi connectivity index (χ4v) is 2.91. The number of Topliss-reactive ketones (excluding diaryl/α,β-unsaturated/α-hetero) is 1. The molecule has 0 saturated heterocycles. The average Bonchev–Trinajstić information content (AvgIpc) is 2.95. The smallest absolute Gasteiger partial charge is 0.156 e. The van der Waals surface area contributed by atoms with Crippen molar-refractivity contribution in [3.8, 4) is 0 Å². The van der Waals surface area contributed by atoms with Gasteiger partial charge in [0.15, 0.2) is 10.8 Å². The molecule has 0 bridgehead atoms. The van der Waals surface area contributed by atoms with E-state index in [0.29, 0.717) is 17.2 Å². The molecule has 0 aliphatic rings. The Labute approximate surface area is 145 Å². The highest BCUT2D eigenvalue weighted by atomic mass is 35.5. The van der Waals surface area contributed by atoms with Gasteiger partial charge in [0, 0.05) is 37.8 Å². The van der Waals surface area contributed by atoms with Gasteiger partial charge in [0.25, 0.3) is 0 Å². The first-order valence-electron chi connectivity index (χ1n) is 7.70. The Morgan fingerprint density at radius 3 is 2.75 bits per heavy atom. The third-order valence-electron chi connectivity index (χ3n) is 3.94. The summed E-state index contributed by atoms with van der Waals surface area (Å²) in [6, 6.07) is 11.4. The molecule has 6 heteroatoms. The molecule has 0 amide bonds. The highest BCUT2D eigenvalue weighted by molar-refractivity contribution is 6.29. The number of hydrogen-bond acceptors (Lipinski definition) is 4. The van der Waals surface area contributed by atoms with Gasteiger partial charge in [0.2, 0.25) is 0 Å². The third-order valence-corrected chi connectivity index (χ3v) is 4.13. The Kier molecular flexibility index (Phi) is 4.92. The zero-order chi connectivity index (χ0) is 17.1. The highest BCUT2D eigenvalue weighted by Gasteiger charge is 2.19. The van der Waals surface area contributed by atoms with Crippen molar-refractivity contribution in [1.82, 2.24) is 14.6 Å². The van der Waals surface area contributed by atoms with E-state index in [1.165, 1.54) is 0 Å². The van der Waals surface area contributed by atoms with Gasteiger partial charge >= 0.3 is 0 Å². The topological polar surface area (TPSA) is 56.5 Å². The number of halogens is 1. The SMILES string of the molecule is CO[C@@H](C)c1c(CC(=O)Cc2ccccc2)cnc2cc(Cl)nn12. The van der Waals surface area contributed by atoms with E-state index >= 15 is 0 Å². The Morgan fingerprint density at radius 2 is 2.04 bits per heavy atom. The van der Waals surface area contributed by atoms with Crippen LogP contribution in [-0.4, -0.2) is 27.5 Å². The summed E-state index contributed by atoms with van der Waals surface area (Å²) in [5.41, 5.74) is 3.24. The average molecular weight is 344 g/mol. The maximum absolute atomic E-state index is 12.5. The number of hydrogen-bond donors (Lipinski definition) is 0. The lowest BCUT2D eigenvalue weighted by Gasteiger charge is -2.16. The van der Waals surface area contributed by atoms with Gasteiger partial charge in [-0.3, -0.25) is 4.79 Å². The minimum Gasteiger partial charge on any atom is -0.375 e. The van der Waals surface area contributed by atoms with E-state index in [4.69, 9.17) is 16.3 Å². The maximum Gasteiger partial charge on any atom is 0.156 e. The molecule has 1 aromatic carbocycles. The Bertz CT molecular complexity index is 861. The van der Waals surface area contributed by atoms with E-state index in [2.05, 4.69) is 10.1 Å². The van der Waals surface area contributed by atoms with Crippen molar-refractivity contribution in [2.75, 3.05) is 7.11 Å². The molecule has 0 aliphatic heterocycles. The molecule has 3 rings (SSSR count). The van der Waals surface area contributed by atoms with Crippen LogP contribution in [0.3, 0.4) is 0 Å². The molecule has 2 heterocycles. The molecule has 0 radical (unpaired) electrons. The first kappa shape index (κ1) is 16.6. The summed E-state index contributed by atoms with van der Waals surface area (Å²) in [7, 11) is 1.62. The van der Waals surface area contributed by atoms with Crippen LogP contribution in [0.25, 0.3) is 5.65 Å². The van der Waals surface area contributed by atoms with E-state index in [1.54, 1.807) is 23.9 Å². The van der Waals surface area contributed by atoms with Crippen LogP contribution < -0.4 is 0 Å². The molecule has 0 unspecified atom stereocenters. The van der Waals surface area contributed by atoms with Gasteiger partial charge in [0.1, 0.15) is 5.78 Å². The third kappa shape index (κ3) is 3.47. The first-order valence-corrected chi connectivity index (χ1v) is 8.07. The number of methoxy groups -OCH3 is 1. The van der Waals surface area contributed by atoms with Crippen molar-refractivity contribution in [2.45, 2.75) is 25.9 Å². The van der Waals surface area contributed by atoms with Crippen LogP contribution in [0.4, 0.5) is 0 Å². The number of nitrogens with zero attached hydrogens (tertiary/aromatic N) is 3. The molecule has 5 nitrogen and oxygen atoms in total. The van der Waals surface area contributed by atoms with Gasteiger partial charge in [-0.25, -0.2) is 9.50 Å². The molecule has 1 atom stereocenters. The number of carbonyl (C=O) groups is 1.